The minimum Gasteiger partial charge on any atom is -0.490 e. The van der Waals surface area contributed by atoms with Gasteiger partial charge in [-0.25, -0.2) is 4.79 Å². The lowest BCUT2D eigenvalue weighted by Crippen LogP contribution is -2.54. The Labute approximate surface area is 167 Å². The van der Waals surface area contributed by atoms with Gasteiger partial charge in [0.1, 0.15) is 12.1 Å². The summed E-state index contributed by atoms with van der Waals surface area (Å²) >= 11 is 0. The first-order valence-electron chi connectivity index (χ1n) is 9.46. The highest BCUT2D eigenvalue weighted by Crippen LogP contribution is 2.38. The second kappa shape index (κ2) is 7.69. The average molecular weight is 404 g/mol. The van der Waals surface area contributed by atoms with Crippen LogP contribution in [0.4, 0.5) is 16.2 Å². The molecule has 10 heteroatoms. The normalized spacial score (nSPS) is 23.8. The Kier molecular flexibility index (Phi) is 5.45. The maximum Gasteiger partial charge on any atom is 0.325 e. The molecule has 1 saturated heterocycles. The van der Waals surface area contributed by atoms with E-state index in [2.05, 4.69) is 10.6 Å². The van der Waals surface area contributed by atoms with Crippen molar-refractivity contribution < 1.29 is 24.0 Å². The van der Waals surface area contributed by atoms with Gasteiger partial charge in [0, 0.05) is 17.8 Å². The van der Waals surface area contributed by atoms with Gasteiger partial charge in [0.15, 0.2) is 5.75 Å². The van der Waals surface area contributed by atoms with Crippen molar-refractivity contribution >= 4 is 29.2 Å². The number of ether oxygens (including phenoxy) is 1. The van der Waals surface area contributed by atoms with Gasteiger partial charge in [-0.15, -0.1) is 0 Å². The summed E-state index contributed by atoms with van der Waals surface area (Å²) in [6.45, 7) is 3.11. The number of nitrogens with one attached hydrogen (secondary N) is 2. The Morgan fingerprint density at radius 3 is 2.76 bits per heavy atom. The Bertz CT molecular complexity index is 886. The zero-order valence-corrected chi connectivity index (χ0v) is 16.6. The summed E-state index contributed by atoms with van der Waals surface area (Å²) in [5, 5.41) is 16.5. The third kappa shape index (κ3) is 3.62. The van der Waals surface area contributed by atoms with Crippen molar-refractivity contribution in [3.63, 3.8) is 0 Å². The third-order valence-corrected chi connectivity index (χ3v) is 5.80. The fourth-order valence-corrected chi connectivity index (χ4v) is 4.09. The minimum absolute atomic E-state index is 0.000810. The van der Waals surface area contributed by atoms with Crippen LogP contribution in [0.1, 0.15) is 38.2 Å². The van der Waals surface area contributed by atoms with Crippen LogP contribution in [0.5, 0.6) is 5.75 Å². The van der Waals surface area contributed by atoms with E-state index in [1.165, 1.54) is 19.2 Å². The number of carbonyl (C=O) groups is 3. The number of rotatable bonds is 5. The van der Waals surface area contributed by atoms with E-state index < -0.39 is 28.9 Å². The maximum absolute atomic E-state index is 12.9. The van der Waals surface area contributed by atoms with Gasteiger partial charge in [0.05, 0.1) is 12.0 Å². The minimum atomic E-state index is -0.928. The van der Waals surface area contributed by atoms with Gasteiger partial charge in [-0.1, -0.05) is 19.8 Å². The Morgan fingerprint density at radius 2 is 2.14 bits per heavy atom. The molecule has 0 bridgehead atoms. The van der Waals surface area contributed by atoms with Crippen LogP contribution in [0, 0.1) is 23.0 Å². The Balaban J connectivity index is 1.75. The second-order valence-corrected chi connectivity index (χ2v) is 7.58. The molecule has 2 aliphatic rings. The molecule has 1 aliphatic heterocycles. The monoisotopic (exact) mass is 404 g/mol. The van der Waals surface area contributed by atoms with E-state index in [1.54, 1.807) is 6.92 Å². The quantitative estimate of drug-likeness (QED) is 0.440. The van der Waals surface area contributed by atoms with Crippen molar-refractivity contribution in [2.75, 3.05) is 19.0 Å². The summed E-state index contributed by atoms with van der Waals surface area (Å²) in [7, 11) is 1.29. The molecule has 2 fully saturated rings. The lowest BCUT2D eigenvalue weighted by atomic mass is 9.73. The van der Waals surface area contributed by atoms with Gasteiger partial charge in [-0.05, 0) is 31.2 Å². The van der Waals surface area contributed by atoms with Gasteiger partial charge in [0.25, 0.3) is 5.91 Å². The molecule has 156 valence electrons. The van der Waals surface area contributed by atoms with Crippen LogP contribution in [0.25, 0.3) is 0 Å². The van der Waals surface area contributed by atoms with Gasteiger partial charge in [0.2, 0.25) is 5.91 Å². The van der Waals surface area contributed by atoms with E-state index >= 15 is 0 Å². The topological polar surface area (TPSA) is 131 Å². The predicted molar refractivity (Wildman–Crippen MR) is 104 cm³/mol. The molecule has 1 aliphatic carbocycles. The van der Waals surface area contributed by atoms with Crippen molar-refractivity contribution in [3.8, 4) is 5.75 Å². The number of nitrogens with zero attached hydrogens (tertiary/aromatic N) is 2. The van der Waals surface area contributed by atoms with Crippen LogP contribution in [-0.2, 0) is 9.59 Å². The molecule has 1 aromatic rings. The number of hydrogen-bond donors (Lipinski definition) is 2. The number of nitro benzene ring substituents is 1. The molecule has 2 atom stereocenters. The van der Waals surface area contributed by atoms with Crippen LogP contribution in [-0.4, -0.2) is 46.9 Å². The van der Waals surface area contributed by atoms with Gasteiger partial charge in [-0.3, -0.25) is 24.6 Å². The molecule has 29 heavy (non-hydrogen) atoms. The summed E-state index contributed by atoms with van der Waals surface area (Å²) in [6, 6.07) is 2.07. The van der Waals surface area contributed by atoms with Crippen LogP contribution < -0.4 is 15.4 Å². The number of imide groups is 1. The molecule has 1 heterocycles. The number of anilines is 1. The van der Waals surface area contributed by atoms with E-state index in [0.717, 1.165) is 24.2 Å². The maximum atomic E-state index is 12.9. The number of carbonyl (C=O) groups excluding carboxylic acids is 3. The fourth-order valence-electron chi connectivity index (χ4n) is 4.09. The highest BCUT2D eigenvalue weighted by molar-refractivity contribution is 6.10. The Hall–Kier alpha value is -3.17. The second-order valence-electron chi connectivity index (χ2n) is 7.58. The summed E-state index contributed by atoms with van der Waals surface area (Å²) < 4.78 is 5.02. The van der Waals surface area contributed by atoms with E-state index in [9.17, 15) is 24.5 Å². The van der Waals surface area contributed by atoms with Gasteiger partial charge < -0.3 is 15.4 Å². The molecule has 3 rings (SSSR count). The largest absolute Gasteiger partial charge is 0.490 e. The van der Waals surface area contributed by atoms with E-state index in [0.29, 0.717) is 17.7 Å². The number of benzene rings is 1. The number of nitro groups is 1. The molecule has 1 saturated carbocycles. The van der Waals surface area contributed by atoms with Gasteiger partial charge in [-0.2, -0.15) is 0 Å². The van der Waals surface area contributed by atoms with Crippen LogP contribution in [0.3, 0.4) is 0 Å². The lowest BCUT2D eigenvalue weighted by molar-refractivity contribution is -0.385. The molecule has 0 unspecified atom stereocenters. The standard InChI is InChI=1S/C19H24N4O6/c1-11-8-14(23(27)28)15(29-3)9-13(11)20-16(24)10-22-17(25)19(21-18(22)26)7-5-4-6-12(19)2/h8-9,12H,4-7,10H2,1-3H3,(H,20,24)(H,21,26)/t12-,19-/m0/s1. The number of aryl methyl sites for hydroxylation is 1. The Morgan fingerprint density at radius 1 is 1.41 bits per heavy atom. The highest BCUT2D eigenvalue weighted by Gasteiger charge is 2.55. The van der Waals surface area contributed by atoms with E-state index in [1.807, 2.05) is 6.92 Å². The summed E-state index contributed by atoms with van der Waals surface area (Å²) in [5.74, 6) is -0.946. The highest BCUT2D eigenvalue weighted by atomic mass is 16.6. The van der Waals surface area contributed by atoms with E-state index in [4.69, 9.17) is 4.74 Å². The first-order chi connectivity index (χ1) is 13.7. The van der Waals surface area contributed by atoms with E-state index in [-0.39, 0.29) is 23.3 Å². The summed E-state index contributed by atoms with van der Waals surface area (Å²) in [6.07, 6.45) is 3.26. The van der Waals surface area contributed by atoms with Crippen molar-refractivity contribution in [3.05, 3.63) is 27.8 Å². The molecular weight excluding hydrogens is 380 g/mol. The molecule has 1 spiro atoms. The third-order valence-electron chi connectivity index (χ3n) is 5.80. The van der Waals surface area contributed by atoms with Crippen molar-refractivity contribution in [1.82, 2.24) is 10.2 Å². The zero-order valence-electron chi connectivity index (χ0n) is 16.6. The molecule has 10 nitrogen and oxygen atoms in total. The fraction of sp³-hybridized carbons (Fsp3) is 0.526. The molecule has 0 radical (unpaired) electrons. The lowest BCUT2D eigenvalue weighted by Gasteiger charge is -2.36. The number of amides is 4. The number of hydrogen-bond acceptors (Lipinski definition) is 6. The SMILES string of the molecule is COc1cc(NC(=O)CN2C(=O)N[C@]3(CCCC[C@@H]3C)C2=O)c(C)cc1[N+](=O)[O-]. The van der Waals surface area contributed by atoms with Crippen molar-refractivity contribution in [2.45, 2.75) is 45.1 Å². The summed E-state index contributed by atoms with van der Waals surface area (Å²) in [4.78, 5) is 49.3. The molecule has 2 N–H and O–H groups in total. The molecule has 0 aromatic heterocycles. The number of methoxy groups -OCH3 is 1. The molecule has 4 amide bonds. The number of urea groups is 1. The molecular formula is C19H24N4O6. The van der Waals surface area contributed by atoms with Crippen LogP contribution in [0.2, 0.25) is 0 Å². The van der Waals surface area contributed by atoms with Crippen molar-refractivity contribution in [1.29, 1.82) is 0 Å². The first kappa shape index (κ1) is 20.6. The van der Waals surface area contributed by atoms with Crippen LogP contribution >= 0.6 is 0 Å². The predicted octanol–water partition coefficient (Wildman–Crippen LogP) is 2.35. The van der Waals surface area contributed by atoms with Crippen molar-refractivity contribution in [2.24, 2.45) is 5.92 Å². The average Bonchev–Trinajstić information content (AvgIpc) is 2.90. The zero-order chi connectivity index (χ0) is 21.3. The smallest absolute Gasteiger partial charge is 0.325 e. The summed E-state index contributed by atoms with van der Waals surface area (Å²) in [5.41, 5.74) is -0.377. The molecule has 1 aromatic carbocycles. The first-order valence-corrected chi connectivity index (χ1v) is 9.46. The van der Waals surface area contributed by atoms with Crippen LogP contribution in [0.15, 0.2) is 12.1 Å². The van der Waals surface area contributed by atoms with Gasteiger partial charge >= 0.3 is 11.7 Å².